The number of oxazole rings is 1. The molecule has 0 aliphatic carbocycles. The summed E-state index contributed by atoms with van der Waals surface area (Å²) in [5, 5.41) is 5.12. The molecule has 1 amide bonds. The average Bonchev–Trinajstić information content (AvgIpc) is 3.30. The minimum absolute atomic E-state index is 0.0915. The molecule has 29 heavy (non-hydrogen) atoms. The van der Waals surface area contributed by atoms with Gasteiger partial charge in [-0.3, -0.25) is 9.48 Å². The molecule has 4 rings (SSSR count). The van der Waals surface area contributed by atoms with Crippen LogP contribution in [0.1, 0.15) is 47.4 Å². The van der Waals surface area contributed by atoms with Crippen LogP contribution in [0, 0.1) is 13.8 Å². The van der Waals surface area contributed by atoms with Crippen molar-refractivity contribution in [3.8, 4) is 0 Å². The highest BCUT2D eigenvalue weighted by atomic mass is 35.5. The van der Waals surface area contributed by atoms with E-state index in [9.17, 15) is 4.79 Å². The highest BCUT2D eigenvalue weighted by Gasteiger charge is 2.28. The first kappa shape index (κ1) is 19.7. The van der Waals surface area contributed by atoms with Crippen LogP contribution in [0.25, 0.3) is 0 Å². The zero-order valence-corrected chi connectivity index (χ0v) is 17.5. The number of hydrogen-bond acceptors (Lipinski definition) is 4. The minimum Gasteiger partial charge on any atom is -0.445 e. The fraction of sp³-hybridized carbons (Fsp3) is 0.409. The highest BCUT2D eigenvalue weighted by molar-refractivity contribution is 6.30. The summed E-state index contributed by atoms with van der Waals surface area (Å²) in [6.45, 7) is 5.60. The maximum Gasteiger partial charge on any atom is 0.244 e. The first-order valence-electron chi connectivity index (χ1n) is 9.96. The fourth-order valence-electron chi connectivity index (χ4n) is 3.86. The van der Waals surface area contributed by atoms with Crippen molar-refractivity contribution in [1.82, 2.24) is 19.7 Å². The van der Waals surface area contributed by atoms with Gasteiger partial charge in [-0.05, 0) is 50.5 Å². The summed E-state index contributed by atoms with van der Waals surface area (Å²) in [5.74, 6) is 1.77. The lowest BCUT2D eigenvalue weighted by molar-refractivity contribution is -0.133. The van der Waals surface area contributed by atoms with Gasteiger partial charge in [-0.1, -0.05) is 23.7 Å². The predicted octanol–water partition coefficient (Wildman–Crippen LogP) is 4.14. The van der Waals surface area contributed by atoms with Gasteiger partial charge >= 0.3 is 0 Å². The molecule has 6 nitrogen and oxygen atoms in total. The molecule has 1 saturated heterocycles. The second-order valence-electron chi connectivity index (χ2n) is 7.73. The Morgan fingerprint density at radius 3 is 2.79 bits per heavy atom. The van der Waals surface area contributed by atoms with Gasteiger partial charge in [0.1, 0.15) is 12.3 Å². The molecule has 0 saturated carbocycles. The van der Waals surface area contributed by atoms with Crippen LogP contribution in [-0.4, -0.2) is 38.7 Å². The van der Waals surface area contributed by atoms with E-state index in [1.165, 1.54) is 0 Å². The van der Waals surface area contributed by atoms with Gasteiger partial charge in [0.05, 0.1) is 17.8 Å². The Labute approximate surface area is 175 Å². The van der Waals surface area contributed by atoms with Gasteiger partial charge in [0.15, 0.2) is 5.89 Å². The van der Waals surface area contributed by atoms with E-state index in [-0.39, 0.29) is 18.4 Å². The van der Waals surface area contributed by atoms with E-state index in [1.807, 2.05) is 49.1 Å². The maximum absolute atomic E-state index is 12.8. The second kappa shape index (κ2) is 8.41. The zero-order valence-electron chi connectivity index (χ0n) is 16.8. The molecule has 0 N–H and O–H groups in total. The summed E-state index contributed by atoms with van der Waals surface area (Å²) in [4.78, 5) is 19.2. The second-order valence-corrected chi connectivity index (χ2v) is 8.17. The third kappa shape index (κ3) is 4.70. The third-order valence-electron chi connectivity index (χ3n) is 5.37. The minimum atomic E-state index is 0.0915. The maximum atomic E-state index is 12.8. The molecule has 1 aliphatic rings. The number of aromatic nitrogens is 3. The molecule has 152 valence electrons. The number of amides is 1. The lowest BCUT2D eigenvalue weighted by Crippen LogP contribution is -2.41. The highest BCUT2D eigenvalue weighted by Crippen LogP contribution is 2.27. The lowest BCUT2D eigenvalue weighted by Gasteiger charge is -2.31. The van der Waals surface area contributed by atoms with Crippen LogP contribution in [0.5, 0.6) is 0 Å². The number of rotatable bonds is 5. The number of benzene rings is 1. The number of likely N-dealkylation sites (tertiary alicyclic amines) is 1. The van der Waals surface area contributed by atoms with Crippen molar-refractivity contribution in [1.29, 1.82) is 0 Å². The monoisotopic (exact) mass is 412 g/mol. The predicted molar refractivity (Wildman–Crippen MR) is 111 cm³/mol. The van der Waals surface area contributed by atoms with Crippen molar-refractivity contribution in [2.24, 2.45) is 0 Å². The van der Waals surface area contributed by atoms with Gasteiger partial charge < -0.3 is 9.32 Å². The summed E-state index contributed by atoms with van der Waals surface area (Å²) in [5.41, 5.74) is 3.06. The van der Waals surface area contributed by atoms with E-state index >= 15 is 0 Å². The Kier molecular flexibility index (Phi) is 5.72. The molecule has 7 heteroatoms. The van der Waals surface area contributed by atoms with Gasteiger partial charge in [-0.15, -0.1) is 0 Å². The smallest absolute Gasteiger partial charge is 0.244 e. The van der Waals surface area contributed by atoms with Crippen molar-refractivity contribution in [2.75, 3.05) is 13.1 Å². The van der Waals surface area contributed by atoms with Crippen LogP contribution in [0.15, 0.2) is 40.9 Å². The quantitative estimate of drug-likeness (QED) is 0.631. The molecular formula is C22H25ClN4O2. The largest absolute Gasteiger partial charge is 0.445 e. The van der Waals surface area contributed by atoms with Gasteiger partial charge in [-0.2, -0.15) is 5.10 Å². The normalized spacial score (nSPS) is 16.9. The first-order valence-corrected chi connectivity index (χ1v) is 10.3. The summed E-state index contributed by atoms with van der Waals surface area (Å²) < 4.78 is 7.80. The van der Waals surface area contributed by atoms with E-state index < -0.39 is 0 Å². The Morgan fingerprint density at radius 1 is 1.28 bits per heavy atom. The number of nitrogens with zero attached hydrogens (tertiary/aromatic N) is 4. The Morgan fingerprint density at radius 2 is 2.07 bits per heavy atom. The summed E-state index contributed by atoms with van der Waals surface area (Å²) in [6, 6.07) is 9.72. The van der Waals surface area contributed by atoms with Crippen molar-refractivity contribution in [3.63, 3.8) is 0 Å². The standard InChI is InChI=1S/C22H25ClN4O2/c1-15-10-16(2)27(25-15)14-21(28)26-9-3-4-18(13-26)22-24-12-20(29-22)11-17-5-7-19(23)8-6-17/h5-8,10,12,18H,3-4,9,11,13-14H2,1-2H3. The van der Waals surface area contributed by atoms with Crippen molar-refractivity contribution < 1.29 is 9.21 Å². The van der Waals surface area contributed by atoms with Gasteiger partial charge in [0.25, 0.3) is 0 Å². The van der Waals surface area contributed by atoms with Gasteiger partial charge in [0, 0.05) is 30.2 Å². The Hall–Kier alpha value is -2.60. The van der Waals surface area contributed by atoms with E-state index in [0.29, 0.717) is 13.0 Å². The molecule has 1 aromatic carbocycles. The molecule has 1 atom stereocenters. The summed E-state index contributed by atoms with van der Waals surface area (Å²) >= 11 is 5.95. The topological polar surface area (TPSA) is 64.2 Å². The van der Waals surface area contributed by atoms with Crippen LogP contribution >= 0.6 is 11.6 Å². The van der Waals surface area contributed by atoms with Crippen molar-refractivity contribution in [3.05, 3.63) is 70.2 Å². The Balaban J connectivity index is 1.39. The number of carbonyl (C=O) groups excluding carboxylic acids is 1. The molecule has 3 heterocycles. The number of halogens is 1. The summed E-state index contributed by atoms with van der Waals surface area (Å²) in [7, 11) is 0. The van der Waals surface area contributed by atoms with E-state index in [1.54, 1.807) is 10.9 Å². The third-order valence-corrected chi connectivity index (χ3v) is 5.63. The van der Waals surface area contributed by atoms with Crippen LogP contribution in [-0.2, 0) is 17.8 Å². The molecular weight excluding hydrogens is 388 g/mol. The molecule has 3 aromatic rings. The van der Waals surface area contributed by atoms with Gasteiger partial charge in [-0.25, -0.2) is 4.98 Å². The van der Waals surface area contributed by atoms with Crippen LogP contribution < -0.4 is 0 Å². The molecule has 2 aromatic heterocycles. The number of hydrogen-bond donors (Lipinski definition) is 0. The number of carbonyl (C=O) groups is 1. The molecule has 1 fully saturated rings. The zero-order chi connectivity index (χ0) is 20.4. The van der Waals surface area contributed by atoms with Crippen LogP contribution in [0.3, 0.4) is 0 Å². The van der Waals surface area contributed by atoms with E-state index in [4.69, 9.17) is 16.0 Å². The van der Waals surface area contributed by atoms with Crippen molar-refractivity contribution >= 4 is 17.5 Å². The molecule has 0 spiro atoms. The fourth-order valence-corrected chi connectivity index (χ4v) is 3.99. The van der Waals surface area contributed by atoms with Crippen LogP contribution in [0.2, 0.25) is 5.02 Å². The average molecular weight is 413 g/mol. The molecule has 1 unspecified atom stereocenters. The van der Waals surface area contributed by atoms with E-state index in [2.05, 4.69) is 10.1 Å². The van der Waals surface area contributed by atoms with Crippen LogP contribution in [0.4, 0.5) is 0 Å². The van der Waals surface area contributed by atoms with Crippen molar-refractivity contribution in [2.45, 2.75) is 45.6 Å². The lowest BCUT2D eigenvalue weighted by atomic mass is 9.98. The first-order chi connectivity index (χ1) is 14.0. The van der Waals surface area contributed by atoms with Gasteiger partial charge in [0.2, 0.25) is 5.91 Å². The van der Waals surface area contributed by atoms with E-state index in [0.717, 1.165) is 53.0 Å². The molecule has 1 aliphatic heterocycles. The number of aryl methyl sites for hydroxylation is 2. The number of piperidine rings is 1. The Bertz CT molecular complexity index is 993. The SMILES string of the molecule is Cc1cc(C)n(CC(=O)N2CCCC(c3ncc(Cc4ccc(Cl)cc4)o3)C2)n1. The molecule has 0 bridgehead atoms. The summed E-state index contributed by atoms with van der Waals surface area (Å²) in [6.07, 6.45) is 4.39. The molecule has 0 radical (unpaired) electrons.